The fourth-order valence-electron chi connectivity index (χ4n) is 6.31. The fourth-order valence-corrected chi connectivity index (χ4v) is 6.31. The molecule has 3 aliphatic carbocycles. The van der Waals surface area contributed by atoms with Crippen molar-refractivity contribution in [3.05, 3.63) is 35.4 Å². The number of hydrogen-bond donors (Lipinski definition) is 0. The lowest BCUT2D eigenvalue weighted by Crippen LogP contribution is -2.24. The summed E-state index contributed by atoms with van der Waals surface area (Å²) < 4.78 is 0. The van der Waals surface area contributed by atoms with Crippen LogP contribution in [0.4, 0.5) is 0 Å². The maximum absolute atomic E-state index is 2.49. The first-order valence-electron chi connectivity index (χ1n) is 12.8. The molecule has 0 aromatic heterocycles. The van der Waals surface area contributed by atoms with Crippen LogP contribution in [0.25, 0.3) is 0 Å². The van der Waals surface area contributed by atoms with Gasteiger partial charge in [-0.3, -0.25) is 0 Å². The first-order valence-corrected chi connectivity index (χ1v) is 12.8. The lowest BCUT2D eigenvalue weighted by molar-refractivity contribution is 0.165. The molecule has 158 valence electrons. The molecule has 0 nitrogen and oxygen atoms in total. The molecule has 1 aromatic carbocycles. The lowest BCUT2D eigenvalue weighted by Gasteiger charge is -2.37. The Balaban J connectivity index is 0.00000109. The first kappa shape index (κ1) is 21.9. The van der Waals surface area contributed by atoms with Crippen LogP contribution in [0, 0.1) is 23.7 Å². The minimum atomic E-state index is 0.838. The Morgan fingerprint density at radius 3 is 1.14 bits per heavy atom. The summed E-state index contributed by atoms with van der Waals surface area (Å²) in [6, 6.07) is 9.93. The molecule has 0 saturated heterocycles. The van der Waals surface area contributed by atoms with Crippen LogP contribution in [0.2, 0.25) is 0 Å². The summed E-state index contributed by atoms with van der Waals surface area (Å²) in [6.45, 7) is 8.87. The SMILES string of the molecule is CC.CC1CCC(c2ccc(C3CCC(C4CCC(C)CC4)CC3)cc2)CC1. The molecule has 1 aromatic rings. The molecule has 0 radical (unpaired) electrons. The minimum Gasteiger partial charge on any atom is -0.0683 e. The van der Waals surface area contributed by atoms with Crippen LogP contribution in [-0.2, 0) is 0 Å². The van der Waals surface area contributed by atoms with Crippen molar-refractivity contribution in [3.8, 4) is 0 Å². The molecule has 0 atom stereocenters. The van der Waals surface area contributed by atoms with E-state index in [4.69, 9.17) is 0 Å². The molecular weight excluding hydrogens is 336 g/mol. The second-order valence-electron chi connectivity index (χ2n) is 10.3. The van der Waals surface area contributed by atoms with E-state index >= 15 is 0 Å². The van der Waals surface area contributed by atoms with Crippen molar-refractivity contribution in [1.29, 1.82) is 0 Å². The molecule has 0 bridgehead atoms. The average molecular weight is 383 g/mol. The van der Waals surface area contributed by atoms with Crippen molar-refractivity contribution in [1.82, 2.24) is 0 Å². The highest BCUT2D eigenvalue weighted by atomic mass is 14.4. The summed E-state index contributed by atoms with van der Waals surface area (Å²) in [5.41, 5.74) is 3.25. The summed E-state index contributed by atoms with van der Waals surface area (Å²) in [6.07, 6.45) is 17.6. The first-order chi connectivity index (χ1) is 13.7. The van der Waals surface area contributed by atoms with Gasteiger partial charge < -0.3 is 0 Å². The van der Waals surface area contributed by atoms with E-state index in [1.807, 2.05) is 13.8 Å². The van der Waals surface area contributed by atoms with E-state index in [1.165, 1.54) is 77.0 Å². The zero-order chi connectivity index (χ0) is 19.9. The molecule has 0 heteroatoms. The molecular formula is C28H46. The Kier molecular flexibility index (Phi) is 8.49. The maximum Gasteiger partial charge on any atom is -0.0162 e. The van der Waals surface area contributed by atoms with E-state index in [2.05, 4.69) is 38.1 Å². The maximum atomic E-state index is 2.49. The van der Waals surface area contributed by atoms with Crippen LogP contribution >= 0.6 is 0 Å². The van der Waals surface area contributed by atoms with Gasteiger partial charge >= 0.3 is 0 Å². The highest BCUT2D eigenvalue weighted by Gasteiger charge is 2.30. The summed E-state index contributed by atoms with van der Waals surface area (Å²) in [5.74, 6) is 5.73. The highest BCUT2D eigenvalue weighted by molar-refractivity contribution is 5.28. The predicted octanol–water partition coefficient (Wildman–Crippen LogP) is 9.11. The summed E-state index contributed by atoms with van der Waals surface area (Å²) in [4.78, 5) is 0. The van der Waals surface area contributed by atoms with Gasteiger partial charge in [0.25, 0.3) is 0 Å². The van der Waals surface area contributed by atoms with Gasteiger partial charge in [-0.05, 0) is 98.0 Å². The van der Waals surface area contributed by atoms with Gasteiger partial charge in [-0.15, -0.1) is 0 Å². The monoisotopic (exact) mass is 382 g/mol. The molecule has 3 aliphatic rings. The molecule has 0 heterocycles. The zero-order valence-corrected chi connectivity index (χ0v) is 19.3. The third kappa shape index (κ3) is 5.64. The van der Waals surface area contributed by atoms with Crippen LogP contribution < -0.4 is 0 Å². The molecule has 0 spiro atoms. The van der Waals surface area contributed by atoms with E-state index in [9.17, 15) is 0 Å². The van der Waals surface area contributed by atoms with E-state index in [1.54, 1.807) is 11.1 Å². The van der Waals surface area contributed by atoms with Gasteiger partial charge in [-0.2, -0.15) is 0 Å². The number of hydrogen-bond acceptors (Lipinski definition) is 0. The summed E-state index contributed by atoms with van der Waals surface area (Å²) in [7, 11) is 0. The topological polar surface area (TPSA) is 0 Å². The molecule has 3 saturated carbocycles. The number of benzene rings is 1. The zero-order valence-electron chi connectivity index (χ0n) is 19.3. The fraction of sp³-hybridized carbons (Fsp3) is 0.786. The quantitative estimate of drug-likeness (QED) is 0.489. The third-order valence-corrected chi connectivity index (χ3v) is 8.39. The second kappa shape index (κ2) is 10.8. The summed E-state index contributed by atoms with van der Waals surface area (Å²) in [5, 5.41) is 0. The Morgan fingerprint density at radius 2 is 0.750 bits per heavy atom. The number of rotatable bonds is 3. The van der Waals surface area contributed by atoms with E-state index in [0.717, 1.165) is 35.5 Å². The van der Waals surface area contributed by atoms with E-state index < -0.39 is 0 Å². The molecule has 28 heavy (non-hydrogen) atoms. The van der Waals surface area contributed by atoms with Crippen LogP contribution in [0.3, 0.4) is 0 Å². The van der Waals surface area contributed by atoms with Gasteiger partial charge in [-0.1, -0.05) is 77.6 Å². The molecule has 0 aliphatic heterocycles. The Labute approximate surface area is 175 Å². The van der Waals surface area contributed by atoms with Crippen LogP contribution in [0.5, 0.6) is 0 Å². The predicted molar refractivity (Wildman–Crippen MR) is 124 cm³/mol. The standard InChI is InChI=1S/C26H40.C2H6/c1-19-3-7-21(8-4-19)23-11-15-25(16-12-23)26-17-13-24(14-18-26)22-9-5-20(2)6-10-22;1-2/h11-12,15-16,19-22,24,26H,3-10,13-14,17-18H2,1-2H3;1-2H3. The van der Waals surface area contributed by atoms with Crippen LogP contribution in [0.15, 0.2) is 24.3 Å². The smallest absolute Gasteiger partial charge is 0.0162 e. The van der Waals surface area contributed by atoms with E-state index in [-0.39, 0.29) is 0 Å². The van der Waals surface area contributed by atoms with Gasteiger partial charge in [0.2, 0.25) is 0 Å². The van der Waals surface area contributed by atoms with Crippen LogP contribution in [-0.4, -0.2) is 0 Å². The van der Waals surface area contributed by atoms with Crippen molar-refractivity contribution in [2.75, 3.05) is 0 Å². The molecule has 0 amide bonds. The normalized spacial score (nSPS) is 36.3. The van der Waals surface area contributed by atoms with Crippen LogP contribution in [0.1, 0.15) is 128 Å². The average Bonchev–Trinajstić information content (AvgIpc) is 2.77. The lowest BCUT2D eigenvalue weighted by atomic mass is 9.68. The highest BCUT2D eigenvalue weighted by Crippen LogP contribution is 2.44. The molecule has 4 rings (SSSR count). The molecule has 0 N–H and O–H groups in total. The van der Waals surface area contributed by atoms with Gasteiger partial charge in [0.05, 0.1) is 0 Å². The largest absolute Gasteiger partial charge is 0.0683 e. The van der Waals surface area contributed by atoms with Gasteiger partial charge in [0, 0.05) is 0 Å². The molecule has 3 fully saturated rings. The Morgan fingerprint density at radius 1 is 0.464 bits per heavy atom. The van der Waals surface area contributed by atoms with Gasteiger partial charge in [-0.25, -0.2) is 0 Å². The molecule has 0 unspecified atom stereocenters. The Hall–Kier alpha value is -0.780. The second-order valence-corrected chi connectivity index (χ2v) is 10.3. The van der Waals surface area contributed by atoms with E-state index in [0.29, 0.717) is 0 Å². The van der Waals surface area contributed by atoms with Crippen molar-refractivity contribution in [2.24, 2.45) is 23.7 Å². The Bertz CT molecular complexity index is 532. The van der Waals surface area contributed by atoms with Crippen molar-refractivity contribution < 1.29 is 0 Å². The van der Waals surface area contributed by atoms with Gasteiger partial charge in [0.1, 0.15) is 0 Å². The van der Waals surface area contributed by atoms with Crippen molar-refractivity contribution in [2.45, 2.75) is 117 Å². The minimum absolute atomic E-state index is 0.838. The third-order valence-electron chi connectivity index (χ3n) is 8.39. The summed E-state index contributed by atoms with van der Waals surface area (Å²) >= 11 is 0. The van der Waals surface area contributed by atoms with Crippen molar-refractivity contribution in [3.63, 3.8) is 0 Å². The van der Waals surface area contributed by atoms with Crippen molar-refractivity contribution >= 4 is 0 Å². The van der Waals surface area contributed by atoms with Gasteiger partial charge in [0.15, 0.2) is 0 Å².